The van der Waals surface area contributed by atoms with E-state index < -0.39 is 10.0 Å². The van der Waals surface area contributed by atoms with E-state index in [4.69, 9.17) is 0 Å². The number of sulfonamides is 1. The van der Waals surface area contributed by atoms with Crippen LogP contribution in [0, 0.1) is 13.8 Å². The summed E-state index contributed by atoms with van der Waals surface area (Å²) in [5, 5.41) is 2.97. The summed E-state index contributed by atoms with van der Waals surface area (Å²) in [6, 6.07) is 15.4. The molecular weight excluding hydrogens is 412 g/mol. The molecule has 0 saturated heterocycles. The van der Waals surface area contributed by atoms with Gasteiger partial charge in [0.25, 0.3) is 10.0 Å². The van der Waals surface area contributed by atoms with Crippen molar-refractivity contribution in [2.45, 2.75) is 32.1 Å². The topological polar surface area (TPSA) is 101 Å². The first-order valence-corrected chi connectivity index (χ1v) is 11.3. The Balaban J connectivity index is 1.63. The first-order valence-electron chi connectivity index (χ1n) is 9.78. The summed E-state index contributed by atoms with van der Waals surface area (Å²) >= 11 is 0. The molecule has 0 fully saturated rings. The maximum Gasteiger partial charge on any atom is 0.264 e. The van der Waals surface area contributed by atoms with E-state index in [1.807, 2.05) is 12.1 Å². The number of carbonyl (C=O) groups excluding carboxylic acids is 1. The van der Waals surface area contributed by atoms with Crippen molar-refractivity contribution in [3.05, 3.63) is 89.4 Å². The van der Waals surface area contributed by atoms with Crippen molar-refractivity contribution in [3.63, 3.8) is 0 Å². The fraction of sp³-hybridized carbons (Fsp3) is 0.174. The third-order valence-electron chi connectivity index (χ3n) is 4.50. The van der Waals surface area contributed by atoms with Crippen LogP contribution >= 0.6 is 0 Å². The number of aryl methyl sites for hydroxylation is 3. The van der Waals surface area contributed by atoms with Gasteiger partial charge in [-0.3, -0.25) is 4.79 Å². The number of aromatic nitrogens is 2. The van der Waals surface area contributed by atoms with Crippen LogP contribution in [0.25, 0.3) is 0 Å². The van der Waals surface area contributed by atoms with Gasteiger partial charge in [-0.2, -0.15) is 0 Å². The van der Waals surface area contributed by atoms with Crippen molar-refractivity contribution >= 4 is 27.4 Å². The summed E-state index contributed by atoms with van der Waals surface area (Å²) in [6.07, 6.45) is 3.89. The predicted molar refractivity (Wildman–Crippen MR) is 122 cm³/mol. The van der Waals surface area contributed by atoms with E-state index in [9.17, 15) is 13.2 Å². The number of hydrogen-bond acceptors (Lipinski definition) is 6. The van der Waals surface area contributed by atoms with Gasteiger partial charge in [0, 0.05) is 34.9 Å². The minimum Gasteiger partial charge on any atom is -0.362 e. The molecule has 0 aliphatic heterocycles. The van der Waals surface area contributed by atoms with E-state index in [2.05, 4.69) is 26.9 Å². The standard InChI is InChI=1S/C23H24N4O3S/c1-4-18-5-7-19(8-6-18)22(28)13-14-24-20-9-11-21(12-10-20)31(29,30)27-23-25-16(2)15-17(3)26-23/h5-15,24H,4H2,1-3H3,(H,25,26,27)/b14-13-. The zero-order valence-corrected chi connectivity index (χ0v) is 18.4. The van der Waals surface area contributed by atoms with Crippen LogP contribution in [-0.2, 0) is 16.4 Å². The van der Waals surface area contributed by atoms with Crippen molar-refractivity contribution < 1.29 is 13.2 Å². The average Bonchev–Trinajstić information content (AvgIpc) is 2.73. The third kappa shape index (κ3) is 5.99. The van der Waals surface area contributed by atoms with Crippen LogP contribution < -0.4 is 10.0 Å². The van der Waals surface area contributed by atoms with Crippen LogP contribution in [0.5, 0.6) is 0 Å². The summed E-state index contributed by atoms with van der Waals surface area (Å²) in [4.78, 5) is 20.5. The zero-order valence-electron chi connectivity index (χ0n) is 17.6. The molecule has 0 aliphatic rings. The van der Waals surface area contributed by atoms with Gasteiger partial charge in [0.2, 0.25) is 5.95 Å². The Kier molecular flexibility index (Phi) is 6.81. The van der Waals surface area contributed by atoms with Gasteiger partial charge >= 0.3 is 0 Å². The molecule has 2 aromatic carbocycles. The molecule has 160 valence electrons. The first kappa shape index (κ1) is 22.2. The van der Waals surface area contributed by atoms with Crippen LogP contribution in [0.4, 0.5) is 11.6 Å². The Morgan fingerprint density at radius 3 is 2.16 bits per heavy atom. The highest BCUT2D eigenvalue weighted by Crippen LogP contribution is 2.17. The molecule has 3 rings (SSSR count). The van der Waals surface area contributed by atoms with Crippen molar-refractivity contribution in [1.82, 2.24) is 9.97 Å². The van der Waals surface area contributed by atoms with Gasteiger partial charge in [-0.05, 0) is 56.2 Å². The van der Waals surface area contributed by atoms with E-state index in [1.165, 1.54) is 30.0 Å². The number of benzene rings is 2. The van der Waals surface area contributed by atoms with E-state index in [0.29, 0.717) is 22.6 Å². The molecule has 0 bridgehead atoms. The van der Waals surface area contributed by atoms with E-state index >= 15 is 0 Å². The lowest BCUT2D eigenvalue weighted by Gasteiger charge is -2.09. The van der Waals surface area contributed by atoms with Crippen molar-refractivity contribution in [2.24, 2.45) is 0 Å². The Hall–Kier alpha value is -3.52. The molecule has 31 heavy (non-hydrogen) atoms. The lowest BCUT2D eigenvalue weighted by molar-refractivity contribution is 0.104. The van der Waals surface area contributed by atoms with E-state index in [1.54, 1.807) is 44.2 Å². The van der Waals surface area contributed by atoms with Gasteiger partial charge in [-0.25, -0.2) is 23.1 Å². The van der Waals surface area contributed by atoms with E-state index in [-0.39, 0.29) is 16.6 Å². The maximum atomic E-state index is 12.6. The van der Waals surface area contributed by atoms with Gasteiger partial charge < -0.3 is 5.32 Å². The minimum absolute atomic E-state index is 0.0353. The highest BCUT2D eigenvalue weighted by Gasteiger charge is 2.16. The molecule has 0 spiro atoms. The number of nitrogens with one attached hydrogen (secondary N) is 2. The lowest BCUT2D eigenvalue weighted by Crippen LogP contribution is -2.15. The summed E-state index contributed by atoms with van der Waals surface area (Å²) in [6.45, 7) is 5.60. The van der Waals surface area contributed by atoms with Gasteiger partial charge in [0.15, 0.2) is 5.78 Å². The lowest BCUT2D eigenvalue weighted by atomic mass is 10.1. The second-order valence-electron chi connectivity index (χ2n) is 7.00. The van der Waals surface area contributed by atoms with Crippen LogP contribution in [0.15, 0.2) is 71.8 Å². The quantitative estimate of drug-likeness (QED) is 0.404. The molecular formula is C23H24N4O3S. The Morgan fingerprint density at radius 2 is 1.58 bits per heavy atom. The second kappa shape index (κ2) is 9.53. The normalized spacial score (nSPS) is 11.5. The summed E-state index contributed by atoms with van der Waals surface area (Å²) < 4.78 is 27.5. The summed E-state index contributed by atoms with van der Waals surface area (Å²) in [5.74, 6) is -0.0832. The smallest absolute Gasteiger partial charge is 0.264 e. The van der Waals surface area contributed by atoms with Crippen molar-refractivity contribution in [3.8, 4) is 0 Å². The highest BCUT2D eigenvalue weighted by molar-refractivity contribution is 7.92. The maximum absolute atomic E-state index is 12.6. The predicted octanol–water partition coefficient (Wildman–Crippen LogP) is 4.27. The number of allylic oxidation sites excluding steroid dienone is 1. The molecule has 0 amide bonds. The molecule has 8 heteroatoms. The molecule has 0 radical (unpaired) electrons. The average molecular weight is 437 g/mol. The largest absolute Gasteiger partial charge is 0.362 e. The number of anilines is 2. The minimum atomic E-state index is -3.81. The summed E-state index contributed by atoms with van der Waals surface area (Å²) in [5.41, 5.74) is 3.77. The number of nitrogens with zero attached hydrogens (tertiary/aromatic N) is 2. The molecule has 0 unspecified atom stereocenters. The third-order valence-corrected chi connectivity index (χ3v) is 5.85. The molecule has 0 aliphatic carbocycles. The van der Waals surface area contributed by atoms with Crippen LogP contribution in [0.3, 0.4) is 0 Å². The second-order valence-corrected chi connectivity index (χ2v) is 8.68. The molecule has 2 N–H and O–H groups in total. The van der Waals surface area contributed by atoms with Crippen LogP contribution in [-0.4, -0.2) is 24.2 Å². The Labute approximate surface area is 182 Å². The Bertz CT molecular complexity index is 1180. The molecule has 1 aromatic heterocycles. The molecule has 0 saturated carbocycles. The summed E-state index contributed by atoms with van der Waals surface area (Å²) in [7, 11) is -3.81. The van der Waals surface area contributed by atoms with Gasteiger partial charge in [0.1, 0.15) is 0 Å². The van der Waals surface area contributed by atoms with E-state index in [0.717, 1.165) is 6.42 Å². The number of hydrogen-bond donors (Lipinski definition) is 2. The van der Waals surface area contributed by atoms with Gasteiger partial charge in [-0.15, -0.1) is 0 Å². The first-order chi connectivity index (χ1) is 14.8. The fourth-order valence-corrected chi connectivity index (χ4v) is 3.84. The molecule has 3 aromatic rings. The molecule has 0 atom stereocenters. The SMILES string of the molecule is CCc1ccc(C(=O)/C=C\Nc2ccc(S(=O)(=O)Nc3nc(C)cc(C)n3)cc2)cc1. The molecule has 7 nitrogen and oxygen atoms in total. The van der Waals surface area contributed by atoms with Crippen LogP contribution in [0.2, 0.25) is 0 Å². The van der Waals surface area contributed by atoms with Gasteiger partial charge in [-0.1, -0.05) is 31.2 Å². The number of rotatable bonds is 8. The zero-order chi connectivity index (χ0) is 22.4. The van der Waals surface area contributed by atoms with Crippen molar-refractivity contribution in [1.29, 1.82) is 0 Å². The monoisotopic (exact) mass is 436 g/mol. The van der Waals surface area contributed by atoms with Crippen molar-refractivity contribution in [2.75, 3.05) is 10.0 Å². The fourth-order valence-electron chi connectivity index (χ4n) is 2.90. The number of ketones is 1. The molecule has 1 heterocycles. The number of carbonyl (C=O) groups is 1. The Morgan fingerprint density at radius 1 is 0.968 bits per heavy atom. The van der Waals surface area contributed by atoms with Crippen LogP contribution in [0.1, 0.15) is 34.2 Å². The highest BCUT2D eigenvalue weighted by atomic mass is 32.2. The van der Waals surface area contributed by atoms with Gasteiger partial charge in [0.05, 0.1) is 4.90 Å².